The van der Waals surface area contributed by atoms with Gasteiger partial charge in [-0.3, -0.25) is 0 Å². The lowest BCUT2D eigenvalue weighted by molar-refractivity contribution is 0.199. The van der Waals surface area contributed by atoms with Gasteiger partial charge in [-0.25, -0.2) is 0 Å². The molecule has 100 valence electrons. The van der Waals surface area contributed by atoms with Crippen LogP contribution < -0.4 is 9.80 Å². The number of hydrogen-bond acceptors (Lipinski definition) is 6. The van der Waals surface area contributed by atoms with Crippen molar-refractivity contribution in [1.29, 1.82) is 0 Å². The highest BCUT2D eigenvalue weighted by Gasteiger charge is 2.29. The second-order valence-electron chi connectivity index (χ2n) is 5.30. The summed E-state index contributed by atoms with van der Waals surface area (Å²) in [7, 11) is 3.85. The van der Waals surface area contributed by atoms with Crippen LogP contribution in [0.2, 0.25) is 0 Å². The Hall–Kier alpha value is -1.43. The lowest BCUT2D eigenvalue weighted by atomic mass is 10.0. The standard InChI is InChI=1S/C12H21N5O/c1-8(2)10-13-11(16(3)4)15-12(14-10)17-5-9(6-17)7-18/h8-9,18H,5-7H2,1-4H3. The zero-order chi connectivity index (χ0) is 13.3. The molecule has 0 radical (unpaired) electrons. The SMILES string of the molecule is CC(C)c1nc(N(C)C)nc(N2CC(CO)C2)n1. The molecule has 18 heavy (non-hydrogen) atoms. The number of rotatable bonds is 4. The lowest BCUT2D eigenvalue weighted by Gasteiger charge is -2.38. The highest BCUT2D eigenvalue weighted by atomic mass is 16.3. The van der Waals surface area contributed by atoms with Crippen molar-refractivity contribution in [1.82, 2.24) is 15.0 Å². The van der Waals surface area contributed by atoms with Crippen LogP contribution in [0.3, 0.4) is 0 Å². The molecule has 2 rings (SSSR count). The summed E-state index contributed by atoms with van der Waals surface area (Å²) in [5.74, 6) is 2.86. The number of nitrogens with zero attached hydrogens (tertiary/aromatic N) is 5. The maximum absolute atomic E-state index is 9.05. The zero-order valence-electron chi connectivity index (χ0n) is 11.5. The first kappa shape index (κ1) is 13.0. The van der Waals surface area contributed by atoms with Gasteiger partial charge < -0.3 is 14.9 Å². The Kier molecular flexibility index (Phi) is 3.65. The zero-order valence-corrected chi connectivity index (χ0v) is 11.5. The Bertz CT molecular complexity index is 389. The molecule has 0 bridgehead atoms. The molecule has 1 aromatic heterocycles. The largest absolute Gasteiger partial charge is 0.396 e. The van der Waals surface area contributed by atoms with Crippen LogP contribution in [-0.2, 0) is 0 Å². The molecule has 1 aliphatic heterocycles. The minimum atomic E-state index is 0.235. The average Bonchev–Trinajstić information content (AvgIpc) is 2.27. The van der Waals surface area contributed by atoms with Crippen molar-refractivity contribution < 1.29 is 5.11 Å². The number of aromatic nitrogens is 3. The molecule has 0 saturated carbocycles. The van der Waals surface area contributed by atoms with Crippen LogP contribution in [0, 0.1) is 5.92 Å². The third kappa shape index (κ3) is 2.53. The summed E-state index contributed by atoms with van der Waals surface area (Å²) in [6.07, 6.45) is 0. The first-order valence-corrected chi connectivity index (χ1v) is 6.30. The molecule has 0 amide bonds. The number of hydrogen-bond donors (Lipinski definition) is 1. The van der Waals surface area contributed by atoms with Crippen molar-refractivity contribution >= 4 is 11.9 Å². The van der Waals surface area contributed by atoms with Crippen LogP contribution in [-0.4, -0.2) is 53.9 Å². The Morgan fingerprint density at radius 2 is 1.94 bits per heavy atom. The Morgan fingerprint density at radius 1 is 1.28 bits per heavy atom. The molecular weight excluding hydrogens is 230 g/mol. The molecule has 6 nitrogen and oxygen atoms in total. The predicted molar refractivity (Wildman–Crippen MR) is 71.0 cm³/mol. The Morgan fingerprint density at radius 3 is 2.44 bits per heavy atom. The molecule has 0 aliphatic carbocycles. The summed E-state index contributed by atoms with van der Waals surface area (Å²) < 4.78 is 0. The number of aliphatic hydroxyl groups excluding tert-OH is 1. The summed E-state index contributed by atoms with van der Waals surface area (Å²) in [6.45, 7) is 6.03. The number of aliphatic hydroxyl groups is 1. The summed E-state index contributed by atoms with van der Waals surface area (Å²) >= 11 is 0. The van der Waals surface area contributed by atoms with Crippen molar-refractivity contribution in [3.05, 3.63) is 5.82 Å². The first-order chi connectivity index (χ1) is 8.51. The van der Waals surface area contributed by atoms with Crippen LogP contribution in [0.4, 0.5) is 11.9 Å². The first-order valence-electron chi connectivity index (χ1n) is 6.30. The van der Waals surface area contributed by atoms with Gasteiger partial charge in [-0.15, -0.1) is 0 Å². The monoisotopic (exact) mass is 251 g/mol. The second-order valence-corrected chi connectivity index (χ2v) is 5.30. The van der Waals surface area contributed by atoms with E-state index >= 15 is 0 Å². The van der Waals surface area contributed by atoms with Crippen LogP contribution in [0.1, 0.15) is 25.6 Å². The fourth-order valence-corrected chi connectivity index (χ4v) is 1.82. The fourth-order valence-electron chi connectivity index (χ4n) is 1.82. The maximum atomic E-state index is 9.05. The van der Waals surface area contributed by atoms with Gasteiger partial charge in [0, 0.05) is 45.6 Å². The minimum Gasteiger partial charge on any atom is -0.396 e. The van der Waals surface area contributed by atoms with Gasteiger partial charge in [0.15, 0.2) is 0 Å². The van der Waals surface area contributed by atoms with Crippen LogP contribution in [0.15, 0.2) is 0 Å². The minimum absolute atomic E-state index is 0.235. The molecule has 0 atom stereocenters. The molecule has 1 aromatic rings. The van der Waals surface area contributed by atoms with Gasteiger partial charge in [-0.2, -0.15) is 15.0 Å². The maximum Gasteiger partial charge on any atom is 0.230 e. The average molecular weight is 251 g/mol. The molecule has 1 saturated heterocycles. The van der Waals surface area contributed by atoms with Crippen molar-refractivity contribution in [2.75, 3.05) is 43.6 Å². The fraction of sp³-hybridized carbons (Fsp3) is 0.750. The molecule has 1 N–H and O–H groups in total. The Labute approximate surface area is 108 Å². The van der Waals surface area contributed by atoms with E-state index in [1.807, 2.05) is 19.0 Å². The topological polar surface area (TPSA) is 65.4 Å². The second kappa shape index (κ2) is 5.06. The molecule has 2 heterocycles. The van der Waals surface area contributed by atoms with Crippen LogP contribution in [0.5, 0.6) is 0 Å². The van der Waals surface area contributed by atoms with E-state index in [4.69, 9.17) is 5.11 Å². The van der Waals surface area contributed by atoms with Gasteiger partial charge in [0.25, 0.3) is 0 Å². The van der Waals surface area contributed by atoms with E-state index in [0.717, 1.165) is 24.9 Å². The smallest absolute Gasteiger partial charge is 0.230 e. The van der Waals surface area contributed by atoms with E-state index < -0.39 is 0 Å². The number of anilines is 2. The highest BCUT2D eigenvalue weighted by molar-refractivity contribution is 5.40. The molecule has 0 aromatic carbocycles. The third-order valence-corrected chi connectivity index (χ3v) is 3.04. The van der Waals surface area contributed by atoms with E-state index in [1.54, 1.807) is 0 Å². The van der Waals surface area contributed by atoms with E-state index in [2.05, 4.69) is 33.7 Å². The van der Waals surface area contributed by atoms with Crippen molar-refractivity contribution in [2.45, 2.75) is 19.8 Å². The highest BCUT2D eigenvalue weighted by Crippen LogP contribution is 2.23. The van der Waals surface area contributed by atoms with E-state index in [9.17, 15) is 0 Å². The Balaban J connectivity index is 2.24. The molecule has 1 fully saturated rings. The van der Waals surface area contributed by atoms with Crippen LogP contribution >= 0.6 is 0 Å². The van der Waals surface area contributed by atoms with E-state index in [-0.39, 0.29) is 12.5 Å². The third-order valence-electron chi connectivity index (χ3n) is 3.04. The lowest BCUT2D eigenvalue weighted by Crippen LogP contribution is -2.49. The molecule has 0 unspecified atom stereocenters. The van der Waals surface area contributed by atoms with E-state index in [1.165, 1.54) is 0 Å². The summed E-state index contributed by atoms with van der Waals surface area (Å²) in [6, 6.07) is 0. The summed E-state index contributed by atoms with van der Waals surface area (Å²) in [5.41, 5.74) is 0. The van der Waals surface area contributed by atoms with Crippen molar-refractivity contribution in [2.24, 2.45) is 5.92 Å². The summed E-state index contributed by atoms with van der Waals surface area (Å²) in [5, 5.41) is 9.05. The van der Waals surface area contributed by atoms with Gasteiger partial charge in [-0.05, 0) is 0 Å². The summed E-state index contributed by atoms with van der Waals surface area (Å²) in [4.78, 5) is 17.4. The van der Waals surface area contributed by atoms with Crippen molar-refractivity contribution in [3.8, 4) is 0 Å². The van der Waals surface area contributed by atoms with Gasteiger partial charge in [0.2, 0.25) is 11.9 Å². The van der Waals surface area contributed by atoms with Crippen LogP contribution in [0.25, 0.3) is 0 Å². The van der Waals surface area contributed by atoms with Gasteiger partial charge in [0.1, 0.15) is 5.82 Å². The normalized spacial score (nSPS) is 16.0. The van der Waals surface area contributed by atoms with Crippen molar-refractivity contribution in [3.63, 3.8) is 0 Å². The quantitative estimate of drug-likeness (QED) is 0.840. The molecule has 0 spiro atoms. The van der Waals surface area contributed by atoms with Gasteiger partial charge in [-0.1, -0.05) is 13.8 Å². The van der Waals surface area contributed by atoms with E-state index in [0.29, 0.717) is 11.9 Å². The molecule has 1 aliphatic rings. The van der Waals surface area contributed by atoms with Gasteiger partial charge >= 0.3 is 0 Å². The van der Waals surface area contributed by atoms with Gasteiger partial charge in [0.05, 0.1) is 0 Å². The molecular formula is C12H21N5O. The predicted octanol–water partition coefficient (Wildman–Crippen LogP) is 0.489. The molecule has 6 heteroatoms.